The van der Waals surface area contributed by atoms with Gasteiger partial charge in [0.1, 0.15) is 0 Å². The Kier molecular flexibility index (Phi) is 8.55. The lowest BCUT2D eigenvalue weighted by molar-refractivity contribution is 1.18. The van der Waals surface area contributed by atoms with Crippen molar-refractivity contribution in [2.24, 2.45) is 0 Å². The van der Waals surface area contributed by atoms with Gasteiger partial charge in [0.15, 0.2) is 0 Å². The van der Waals surface area contributed by atoms with Gasteiger partial charge in [0.05, 0.1) is 16.7 Å². The molecular formula is C54H38N2. The number of hydrogen-bond donors (Lipinski definition) is 0. The molecule has 9 aromatic carbocycles. The highest BCUT2D eigenvalue weighted by atomic mass is 15.1. The van der Waals surface area contributed by atoms with Crippen molar-refractivity contribution in [1.82, 2.24) is 4.57 Å². The quantitative estimate of drug-likeness (QED) is 0.152. The summed E-state index contributed by atoms with van der Waals surface area (Å²) < 4.78 is 2.39. The number of anilines is 3. The van der Waals surface area contributed by atoms with E-state index in [0.29, 0.717) is 0 Å². The molecule has 0 atom stereocenters. The fourth-order valence-corrected chi connectivity index (χ4v) is 8.06. The van der Waals surface area contributed by atoms with E-state index in [4.69, 9.17) is 0 Å². The van der Waals surface area contributed by atoms with Crippen molar-refractivity contribution in [3.63, 3.8) is 0 Å². The van der Waals surface area contributed by atoms with Gasteiger partial charge in [-0.1, -0.05) is 170 Å². The second-order valence-electron chi connectivity index (χ2n) is 14.2. The number of aromatic nitrogens is 1. The minimum atomic E-state index is 1.10. The van der Waals surface area contributed by atoms with E-state index in [2.05, 4.69) is 240 Å². The van der Waals surface area contributed by atoms with Crippen LogP contribution in [-0.2, 0) is 0 Å². The van der Waals surface area contributed by atoms with E-state index in [1.807, 2.05) is 0 Å². The number of benzene rings is 9. The van der Waals surface area contributed by atoms with Gasteiger partial charge in [-0.05, 0) is 99.6 Å². The normalized spacial score (nSPS) is 11.2. The predicted molar refractivity (Wildman–Crippen MR) is 237 cm³/mol. The number of hydrogen-bond acceptors (Lipinski definition) is 1. The fraction of sp³-hybridized carbons (Fsp3) is 0. The molecule has 56 heavy (non-hydrogen) atoms. The van der Waals surface area contributed by atoms with Crippen LogP contribution in [0.15, 0.2) is 231 Å². The smallest absolute Gasteiger partial charge is 0.0541 e. The second-order valence-corrected chi connectivity index (χ2v) is 14.2. The molecule has 10 rings (SSSR count). The Morgan fingerprint density at radius 2 is 0.714 bits per heavy atom. The van der Waals surface area contributed by atoms with E-state index in [9.17, 15) is 0 Å². The molecule has 0 aliphatic carbocycles. The zero-order chi connectivity index (χ0) is 37.3. The zero-order valence-electron chi connectivity index (χ0n) is 30.8. The second kappa shape index (κ2) is 14.4. The fourth-order valence-electron chi connectivity index (χ4n) is 8.06. The Bertz CT molecular complexity index is 2910. The molecule has 1 heterocycles. The first-order valence-electron chi connectivity index (χ1n) is 19.2. The monoisotopic (exact) mass is 714 g/mol. The van der Waals surface area contributed by atoms with Crippen molar-refractivity contribution in [2.45, 2.75) is 0 Å². The molecule has 0 N–H and O–H groups in total. The molecule has 2 nitrogen and oxygen atoms in total. The molecule has 0 fully saturated rings. The topological polar surface area (TPSA) is 8.17 Å². The zero-order valence-corrected chi connectivity index (χ0v) is 30.8. The van der Waals surface area contributed by atoms with Gasteiger partial charge in [0.2, 0.25) is 0 Å². The van der Waals surface area contributed by atoms with Crippen molar-refractivity contribution in [3.8, 4) is 50.2 Å². The third-order valence-corrected chi connectivity index (χ3v) is 10.8. The van der Waals surface area contributed by atoms with Gasteiger partial charge in [-0.3, -0.25) is 0 Å². The first-order chi connectivity index (χ1) is 27.8. The van der Waals surface area contributed by atoms with Crippen molar-refractivity contribution in [1.29, 1.82) is 0 Å². The van der Waals surface area contributed by atoms with Crippen LogP contribution in [0.4, 0.5) is 17.1 Å². The first-order valence-corrected chi connectivity index (χ1v) is 19.2. The van der Waals surface area contributed by atoms with E-state index in [0.717, 1.165) is 22.7 Å². The lowest BCUT2D eigenvalue weighted by Gasteiger charge is -2.28. The van der Waals surface area contributed by atoms with E-state index >= 15 is 0 Å². The summed E-state index contributed by atoms with van der Waals surface area (Å²) in [5, 5.41) is 2.49. The lowest BCUT2D eigenvalue weighted by atomic mass is 10.00. The van der Waals surface area contributed by atoms with Gasteiger partial charge in [-0.25, -0.2) is 0 Å². The molecule has 1 aromatic heterocycles. The number of nitrogens with zero attached hydrogens (tertiary/aromatic N) is 2. The maximum absolute atomic E-state index is 2.39. The Labute approximate surface area is 327 Å². The average molecular weight is 715 g/mol. The molecule has 10 aromatic rings. The van der Waals surface area contributed by atoms with Crippen LogP contribution in [0, 0.1) is 0 Å². The molecule has 0 saturated heterocycles. The van der Waals surface area contributed by atoms with Crippen molar-refractivity contribution in [2.75, 3.05) is 4.90 Å². The molecule has 0 aliphatic heterocycles. The molecule has 0 spiro atoms. The summed E-state index contributed by atoms with van der Waals surface area (Å²) in [5.74, 6) is 0. The van der Waals surface area contributed by atoms with Crippen LogP contribution in [-0.4, -0.2) is 4.57 Å². The van der Waals surface area contributed by atoms with E-state index < -0.39 is 0 Å². The largest absolute Gasteiger partial charge is 0.310 e. The summed E-state index contributed by atoms with van der Waals surface area (Å²) in [5.41, 5.74) is 16.5. The van der Waals surface area contributed by atoms with Gasteiger partial charge in [-0.2, -0.15) is 0 Å². The number of fused-ring (bicyclic) bond motifs is 3. The summed E-state index contributed by atoms with van der Waals surface area (Å²) in [7, 11) is 0. The van der Waals surface area contributed by atoms with Gasteiger partial charge in [0, 0.05) is 33.4 Å². The summed E-state index contributed by atoms with van der Waals surface area (Å²) >= 11 is 0. The van der Waals surface area contributed by atoms with Crippen molar-refractivity contribution in [3.05, 3.63) is 231 Å². The molecule has 2 heteroatoms. The molecular weight excluding hydrogens is 677 g/mol. The van der Waals surface area contributed by atoms with Crippen LogP contribution in [0.25, 0.3) is 72.0 Å². The average Bonchev–Trinajstić information content (AvgIpc) is 3.62. The molecule has 0 radical (unpaired) electrons. The van der Waals surface area contributed by atoms with Crippen LogP contribution in [0.2, 0.25) is 0 Å². The van der Waals surface area contributed by atoms with Crippen LogP contribution in [0.5, 0.6) is 0 Å². The SMILES string of the molecule is c1ccc(-c2ccc(N(c3ccc(-c4ccc5c(c4)c4ccccc4n5-c4ccc(-c5ccccc5)cc4)cc3)c3ccccc3-c3ccccc3)cc2)cc1. The van der Waals surface area contributed by atoms with Crippen LogP contribution in [0.1, 0.15) is 0 Å². The van der Waals surface area contributed by atoms with Crippen LogP contribution < -0.4 is 4.90 Å². The molecule has 0 bridgehead atoms. The predicted octanol–water partition coefficient (Wildman–Crippen LogP) is 14.9. The molecule has 0 aliphatic rings. The number of rotatable bonds is 8. The molecule has 264 valence electrons. The van der Waals surface area contributed by atoms with Gasteiger partial charge >= 0.3 is 0 Å². The Morgan fingerprint density at radius 3 is 1.32 bits per heavy atom. The third-order valence-electron chi connectivity index (χ3n) is 10.8. The number of para-hydroxylation sites is 2. The maximum atomic E-state index is 2.39. The molecule has 0 unspecified atom stereocenters. The highest BCUT2D eigenvalue weighted by Gasteiger charge is 2.18. The third kappa shape index (κ3) is 6.14. The summed E-state index contributed by atoms with van der Waals surface area (Å²) in [6.45, 7) is 0. The summed E-state index contributed by atoms with van der Waals surface area (Å²) in [6, 6.07) is 83.0. The molecule has 0 amide bonds. The highest BCUT2D eigenvalue weighted by molar-refractivity contribution is 6.10. The standard InChI is InChI=1S/C54H38N2/c1-4-14-39(15-5-1)41-24-31-46(32-25-41)55(52-22-12-10-20-49(52)44-18-8-3-9-19-44)47-33-28-43(29-34-47)45-30-37-54-51(38-45)50-21-11-13-23-53(50)56(54)48-35-26-42(27-36-48)40-16-6-2-7-17-40/h1-38H. The highest BCUT2D eigenvalue weighted by Crippen LogP contribution is 2.42. The first kappa shape index (κ1) is 33.2. The van der Waals surface area contributed by atoms with Crippen molar-refractivity contribution < 1.29 is 0 Å². The van der Waals surface area contributed by atoms with Gasteiger partial charge in [-0.15, -0.1) is 0 Å². The Morgan fingerprint density at radius 1 is 0.286 bits per heavy atom. The minimum Gasteiger partial charge on any atom is -0.310 e. The molecule has 0 saturated carbocycles. The van der Waals surface area contributed by atoms with E-state index in [1.54, 1.807) is 0 Å². The lowest BCUT2D eigenvalue weighted by Crippen LogP contribution is -2.11. The van der Waals surface area contributed by atoms with Gasteiger partial charge < -0.3 is 9.47 Å². The van der Waals surface area contributed by atoms with Gasteiger partial charge in [0.25, 0.3) is 0 Å². The van der Waals surface area contributed by atoms with E-state index in [-0.39, 0.29) is 0 Å². The van der Waals surface area contributed by atoms with E-state index in [1.165, 1.54) is 66.3 Å². The maximum Gasteiger partial charge on any atom is 0.0541 e. The minimum absolute atomic E-state index is 1.10. The van der Waals surface area contributed by atoms with Crippen LogP contribution >= 0.6 is 0 Å². The Balaban J connectivity index is 1.04. The Hall–Kier alpha value is -7.42. The van der Waals surface area contributed by atoms with Crippen LogP contribution in [0.3, 0.4) is 0 Å². The summed E-state index contributed by atoms with van der Waals surface area (Å²) in [6.07, 6.45) is 0. The summed E-state index contributed by atoms with van der Waals surface area (Å²) in [4.78, 5) is 2.38. The van der Waals surface area contributed by atoms with Crippen molar-refractivity contribution >= 4 is 38.9 Å².